The highest BCUT2D eigenvalue weighted by Crippen LogP contribution is 2.22. The van der Waals surface area contributed by atoms with Crippen LogP contribution in [-0.4, -0.2) is 10.9 Å². The van der Waals surface area contributed by atoms with Crippen LogP contribution in [0.5, 0.6) is 0 Å². The summed E-state index contributed by atoms with van der Waals surface area (Å²) in [6, 6.07) is 9.55. The monoisotopic (exact) mass is 212 g/mol. The van der Waals surface area contributed by atoms with Gasteiger partial charge in [-0.25, -0.2) is 0 Å². The van der Waals surface area contributed by atoms with E-state index in [0.717, 1.165) is 22.3 Å². The Bertz CT molecular complexity index is 561. The molecule has 1 amide bonds. The van der Waals surface area contributed by atoms with Gasteiger partial charge in [0.05, 0.1) is 11.2 Å². The van der Waals surface area contributed by atoms with Gasteiger partial charge in [-0.3, -0.25) is 9.78 Å². The first-order valence-corrected chi connectivity index (χ1v) is 5.00. The number of aromatic nitrogens is 1. The average molecular weight is 212 g/mol. The maximum atomic E-state index is 11.3. The average Bonchev–Trinajstić information content (AvgIpc) is 2.28. The molecule has 0 atom stereocenters. The van der Waals surface area contributed by atoms with Crippen LogP contribution in [0.4, 0.5) is 5.69 Å². The zero-order chi connectivity index (χ0) is 11.5. The number of amides is 1. The summed E-state index contributed by atoms with van der Waals surface area (Å²) in [4.78, 5) is 15.7. The van der Waals surface area contributed by atoms with Crippen molar-refractivity contribution in [1.29, 1.82) is 0 Å². The van der Waals surface area contributed by atoms with E-state index in [1.165, 1.54) is 6.08 Å². The Kier molecular flexibility index (Phi) is 2.68. The molecule has 0 spiro atoms. The van der Waals surface area contributed by atoms with E-state index in [1.54, 1.807) is 0 Å². The van der Waals surface area contributed by atoms with E-state index in [-0.39, 0.29) is 5.91 Å². The molecule has 1 heterocycles. The Balaban J connectivity index is 2.58. The Morgan fingerprint density at radius 2 is 2.19 bits per heavy atom. The number of aryl methyl sites for hydroxylation is 1. The summed E-state index contributed by atoms with van der Waals surface area (Å²) in [5, 5.41) is 3.71. The van der Waals surface area contributed by atoms with Crippen molar-refractivity contribution in [3.8, 4) is 0 Å². The van der Waals surface area contributed by atoms with E-state index in [2.05, 4.69) is 16.9 Å². The summed E-state index contributed by atoms with van der Waals surface area (Å²) < 4.78 is 0. The SMILES string of the molecule is C=CC(=O)Nc1cc(C)nc2ccccc12. The number of nitrogens with zero attached hydrogens (tertiary/aromatic N) is 1. The molecule has 0 saturated heterocycles. The second kappa shape index (κ2) is 4.14. The van der Waals surface area contributed by atoms with Gasteiger partial charge in [0.15, 0.2) is 0 Å². The van der Waals surface area contributed by atoms with Crippen LogP contribution in [0.2, 0.25) is 0 Å². The number of carbonyl (C=O) groups excluding carboxylic acids is 1. The van der Waals surface area contributed by atoms with Crippen molar-refractivity contribution in [1.82, 2.24) is 4.98 Å². The van der Waals surface area contributed by atoms with E-state index in [0.29, 0.717) is 0 Å². The molecule has 0 aliphatic carbocycles. The third kappa shape index (κ3) is 1.93. The number of carbonyl (C=O) groups is 1. The van der Waals surface area contributed by atoms with Crippen molar-refractivity contribution in [2.75, 3.05) is 5.32 Å². The second-order valence-electron chi connectivity index (χ2n) is 3.52. The van der Waals surface area contributed by atoms with Crippen LogP contribution in [0.25, 0.3) is 10.9 Å². The van der Waals surface area contributed by atoms with Crippen molar-refractivity contribution in [2.24, 2.45) is 0 Å². The zero-order valence-corrected chi connectivity index (χ0v) is 9.03. The lowest BCUT2D eigenvalue weighted by molar-refractivity contribution is -0.111. The molecule has 0 radical (unpaired) electrons. The fourth-order valence-corrected chi connectivity index (χ4v) is 1.59. The van der Waals surface area contributed by atoms with E-state index in [4.69, 9.17) is 0 Å². The molecule has 1 aromatic heterocycles. The molecule has 3 heteroatoms. The Morgan fingerprint density at radius 3 is 2.94 bits per heavy atom. The van der Waals surface area contributed by atoms with E-state index in [1.807, 2.05) is 37.3 Å². The van der Waals surface area contributed by atoms with Gasteiger partial charge in [-0.2, -0.15) is 0 Å². The van der Waals surface area contributed by atoms with Gasteiger partial charge in [0.2, 0.25) is 5.91 Å². The second-order valence-corrected chi connectivity index (χ2v) is 3.52. The number of hydrogen-bond donors (Lipinski definition) is 1. The first-order valence-electron chi connectivity index (χ1n) is 5.00. The fourth-order valence-electron chi connectivity index (χ4n) is 1.59. The lowest BCUT2D eigenvalue weighted by Crippen LogP contribution is -2.08. The van der Waals surface area contributed by atoms with Crippen LogP contribution in [0.1, 0.15) is 5.69 Å². The lowest BCUT2D eigenvalue weighted by Gasteiger charge is -2.07. The number of anilines is 1. The third-order valence-electron chi connectivity index (χ3n) is 2.29. The standard InChI is InChI=1S/C13H12N2O/c1-3-13(16)15-12-8-9(2)14-11-7-5-4-6-10(11)12/h3-8H,1H2,2H3,(H,14,15,16). The van der Waals surface area contributed by atoms with Crippen molar-refractivity contribution in [2.45, 2.75) is 6.92 Å². The quantitative estimate of drug-likeness (QED) is 0.777. The summed E-state index contributed by atoms with van der Waals surface area (Å²) in [5.74, 6) is -0.212. The third-order valence-corrected chi connectivity index (χ3v) is 2.29. The predicted octanol–water partition coefficient (Wildman–Crippen LogP) is 2.67. The maximum absolute atomic E-state index is 11.3. The molecule has 0 bridgehead atoms. The first-order chi connectivity index (χ1) is 7.70. The summed E-state index contributed by atoms with van der Waals surface area (Å²) in [7, 11) is 0. The minimum absolute atomic E-state index is 0.212. The lowest BCUT2D eigenvalue weighted by atomic mass is 10.1. The van der Waals surface area contributed by atoms with Gasteiger partial charge in [0.25, 0.3) is 0 Å². The maximum Gasteiger partial charge on any atom is 0.247 e. The highest BCUT2D eigenvalue weighted by atomic mass is 16.1. The normalized spacial score (nSPS) is 10.1. The molecule has 0 aliphatic rings. The Hall–Kier alpha value is -2.16. The van der Waals surface area contributed by atoms with Crippen LogP contribution in [-0.2, 0) is 4.79 Å². The molecule has 0 aliphatic heterocycles. The predicted molar refractivity (Wildman–Crippen MR) is 65.3 cm³/mol. The van der Waals surface area contributed by atoms with Crippen LogP contribution >= 0.6 is 0 Å². The van der Waals surface area contributed by atoms with Crippen molar-refractivity contribution < 1.29 is 4.79 Å². The molecule has 0 fully saturated rings. The van der Waals surface area contributed by atoms with Crippen molar-refractivity contribution in [3.63, 3.8) is 0 Å². The van der Waals surface area contributed by atoms with Crippen LogP contribution in [0, 0.1) is 6.92 Å². The summed E-state index contributed by atoms with van der Waals surface area (Å²) in [6.45, 7) is 5.33. The van der Waals surface area contributed by atoms with Gasteiger partial charge < -0.3 is 5.32 Å². The molecule has 2 rings (SSSR count). The summed E-state index contributed by atoms with van der Waals surface area (Å²) >= 11 is 0. The van der Waals surface area contributed by atoms with Gasteiger partial charge in [0.1, 0.15) is 0 Å². The van der Waals surface area contributed by atoms with Gasteiger partial charge in [-0.05, 0) is 25.1 Å². The van der Waals surface area contributed by atoms with Gasteiger partial charge in [0, 0.05) is 11.1 Å². The Labute approximate surface area is 93.8 Å². The zero-order valence-electron chi connectivity index (χ0n) is 9.03. The highest BCUT2D eigenvalue weighted by molar-refractivity contribution is 6.05. The molecule has 1 N–H and O–H groups in total. The molecule has 3 nitrogen and oxygen atoms in total. The number of pyridine rings is 1. The molecule has 2 aromatic rings. The number of para-hydroxylation sites is 1. The topological polar surface area (TPSA) is 42.0 Å². The fraction of sp³-hybridized carbons (Fsp3) is 0.0769. The van der Waals surface area contributed by atoms with Gasteiger partial charge >= 0.3 is 0 Å². The first kappa shape index (κ1) is 10.4. The number of hydrogen-bond acceptors (Lipinski definition) is 2. The number of nitrogens with one attached hydrogen (secondary N) is 1. The van der Waals surface area contributed by atoms with Crippen LogP contribution < -0.4 is 5.32 Å². The van der Waals surface area contributed by atoms with Crippen LogP contribution in [0.15, 0.2) is 43.0 Å². The molecule has 1 aromatic carbocycles. The summed E-state index contributed by atoms with van der Waals surface area (Å²) in [6.07, 6.45) is 1.25. The Morgan fingerprint density at radius 1 is 1.44 bits per heavy atom. The van der Waals surface area contributed by atoms with E-state index in [9.17, 15) is 4.79 Å². The van der Waals surface area contributed by atoms with E-state index >= 15 is 0 Å². The number of benzene rings is 1. The molecule has 0 saturated carbocycles. The van der Waals surface area contributed by atoms with Crippen LogP contribution in [0.3, 0.4) is 0 Å². The minimum Gasteiger partial charge on any atom is -0.322 e. The largest absolute Gasteiger partial charge is 0.322 e. The molecular weight excluding hydrogens is 200 g/mol. The molecular formula is C13H12N2O. The number of fused-ring (bicyclic) bond motifs is 1. The highest BCUT2D eigenvalue weighted by Gasteiger charge is 2.04. The molecule has 80 valence electrons. The molecule has 0 unspecified atom stereocenters. The molecule has 16 heavy (non-hydrogen) atoms. The number of rotatable bonds is 2. The van der Waals surface area contributed by atoms with Crippen molar-refractivity contribution >= 4 is 22.5 Å². The van der Waals surface area contributed by atoms with Gasteiger partial charge in [-0.1, -0.05) is 24.8 Å². The van der Waals surface area contributed by atoms with Crippen molar-refractivity contribution in [3.05, 3.63) is 48.7 Å². The minimum atomic E-state index is -0.212. The van der Waals surface area contributed by atoms with Gasteiger partial charge in [-0.15, -0.1) is 0 Å². The smallest absolute Gasteiger partial charge is 0.247 e. The summed E-state index contributed by atoms with van der Waals surface area (Å²) in [5.41, 5.74) is 2.52. The van der Waals surface area contributed by atoms with E-state index < -0.39 is 0 Å².